The van der Waals surface area contributed by atoms with Crippen molar-refractivity contribution < 1.29 is 64.6 Å². The average molecular weight is 1060 g/mol. The summed E-state index contributed by atoms with van der Waals surface area (Å²) in [5.74, 6) is -0.271. The number of rotatable bonds is 43. The van der Waals surface area contributed by atoms with Gasteiger partial charge in [0, 0.05) is 6.42 Å². The molecule has 2 fully saturated rings. The van der Waals surface area contributed by atoms with E-state index in [0.29, 0.717) is 6.42 Å². The van der Waals surface area contributed by atoms with Gasteiger partial charge in [-0.05, 0) is 83.5 Å². The molecule has 12 atom stereocenters. The van der Waals surface area contributed by atoms with Crippen LogP contribution in [0.1, 0.15) is 174 Å². The molecule has 0 spiro atoms. The van der Waals surface area contributed by atoms with Gasteiger partial charge in [0.05, 0.1) is 32.0 Å². The fourth-order valence-corrected chi connectivity index (χ4v) is 8.60. The zero-order chi connectivity index (χ0) is 54.6. The molecule has 0 aliphatic carbocycles. The van der Waals surface area contributed by atoms with Crippen molar-refractivity contribution in [2.45, 2.75) is 248 Å². The normalized spacial score (nSPS) is 25.9. The average Bonchev–Trinajstić information content (AvgIpc) is 3.41. The van der Waals surface area contributed by atoms with Gasteiger partial charge in [0.1, 0.15) is 48.8 Å². The lowest BCUT2D eigenvalue weighted by Crippen LogP contribution is -2.65. The maximum Gasteiger partial charge on any atom is 0.220 e. The Labute approximate surface area is 451 Å². The van der Waals surface area contributed by atoms with E-state index in [0.717, 1.165) is 103 Å². The van der Waals surface area contributed by atoms with Gasteiger partial charge >= 0.3 is 0 Å². The first-order valence-corrected chi connectivity index (χ1v) is 28.6. The number of amides is 1. The van der Waals surface area contributed by atoms with Crippen molar-refractivity contribution in [2.75, 3.05) is 19.8 Å². The Morgan fingerprint density at radius 2 is 0.920 bits per heavy atom. The number of carbonyl (C=O) groups is 1. The molecular weight excluding hydrogens is 955 g/mol. The van der Waals surface area contributed by atoms with E-state index in [1.54, 1.807) is 6.08 Å². The summed E-state index contributed by atoms with van der Waals surface area (Å²) in [6.07, 6.45) is 47.0. The SMILES string of the molecule is CC/C=C\C/C=C\C/C=C\C/C=C\C/C=C\C/C=C\C/C=C\C/C=C\CCCCCCC(=O)NC(COC1OC(CO)C(OC2OC(CO)C(O)C(O)C2O)C(O)C1O)C(O)/C=C/CCCCCCCCCCCC. The highest BCUT2D eigenvalue weighted by atomic mass is 16.7. The standard InChI is InChI=1S/C61H101NO13/c1-3-5-7-9-11-13-15-17-18-19-20-21-22-23-24-25-26-27-28-29-30-31-32-33-35-37-39-41-43-45-53(66)62-49(50(65)44-42-40-38-36-34-16-14-12-10-8-6-4-2)48-72-60-58(71)56(69)59(52(47-64)74-60)75-61-57(70)55(68)54(67)51(46-63)73-61/h5,7,11,13,17-18,20-21,23-24,26-27,29-30,32-33,42,44,49-52,54-61,63-65,67-71H,3-4,6,8-10,12,14-16,19,22,25,28,31,34-41,43,45-48H2,1-2H3,(H,62,66)/b7-5-,13-11-,18-17-,21-20-,24-23-,27-26-,30-29-,33-32-,44-42+. The summed E-state index contributed by atoms with van der Waals surface area (Å²) in [4.78, 5) is 13.2. The highest BCUT2D eigenvalue weighted by molar-refractivity contribution is 5.76. The highest BCUT2D eigenvalue weighted by Crippen LogP contribution is 2.30. The minimum absolute atomic E-state index is 0.244. The van der Waals surface area contributed by atoms with Gasteiger partial charge in [-0.2, -0.15) is 0 Å². The minimum Gasteiger partial charge on any atom is -0.394 e. The van der Waals surface area contributed by atoms with Crippen molar-refractivity contribution in [3.63, 3.8) is 0 Å². The lowest BCUT2D eigenvalue weighted by atomic mass is 9.97. The van der Waals surface area contributed by atoms with E-state index < -0.39 is 86.8 Å². The molecule has 1 amide bonds. The lowest BCUT2D eigenvalue weighted by Gasteiger charge is -2.46. The molecule has 14 nitrogen and oxygen atoms in total. The molecule has 9 N–H and O–H groups in total. The van der Waals surface area contributed by atoms with Gasteiger partial charge in [0.25, 0.3) is 0 Å². The molecule has 0 radical (unpaired) electrons. The lowest BCUT2D eigenvalue weighted by molar-refractivity contribution is -0.359. The van der Waals surface area contributed by atoms with E-state index in [2.05, 4.69) is 116 Å². The molecule has 2 saturated heterocycles. The van der Waals surface area contributed by atoms with Crippen molar-refractivity contribution >= 4 is 5.91 Å². The van der Waals surface area contributed by atoms with Crippen LogP contribution in [0.15, 0.2) is 109 Å². The fraction of sp³-hybridized carbons (Fsp3) is 0.689. The van der Waals surface area contributed by atoms with Crippen molar-refractivity contribution in [3.05, 3.63) is 109 Å². The maximum atomic E-state index is 13.2. The second-order valence-electron chi connectivity index (χ2n) is 19.7. The molecule has 0 bridgehead atoms. The van der Waals surface area contributed by atoms with Crippen molar-refractivity contribution in [1.29, 1.82) is 0 Å². The van der Waals surface area contributed by atoms with Crippen LogP contribution < -0.4 is 5.32 Å². The smallest absolute Gasteiger partial charge is 0.220 e. The summed E-state index contributed by atoms with van der Waals surface area (Å²) < 4.78 is 22.7. The van der Waals surface area contributed by atoms with Gasteiger partial charge in [-0.1, -0.05) is 194 Å². The summed E-state index contributed by atoms with van der Waals surface area (Å²) in [5, 5.41) is 86.9. The monoisotopic (exact) mass is 1060 g/mol. The number of hydrogen-bond acceptors (Lipinski definition) is 13. The van der Waals surface area contributed by atoms with Gasteiger partial charge < -0.3 is 65.1 Å². The Morgan fingerprint density at radius 3 is 1.41 bits per heavy atom. The number of unbranched alkanes of at least 4 members (excludes halogenated alkanes) is 14. The Morgan fingerprint density at radius 1 is 0.493 bits per heavy atom. The van der Waals surface area contributed by atoms with Gasteiger partial charge in [-0.25, -0.2) is 0 Å². The summed E-state index contributed by atoms with van der Waals surface area (Å²) in [5.41, 5.74) is 0. The number of nitrogens with one attached hydrogen (secondary N) is 1. The summed E-state index contributed by atoms with van der Waals surface area (Å²) in [6.45, 7) is 2.62. The van der Waals surface area contributed by atoms with Crippen LogP contribution in [0.3, 0.4) is 0 Å². The minimum atomic E-state index is -1.80. The molecule has 14 heteroatoms. The first-order chi connectivity index (χ1) is 36.6. The van der Waals surface area contributed by atoms with E-state index in [1.165, 1.54) is 44.9 Å². The van der Waals surface area contributed by atoms with Crippen LogP contribution in [-0.2, 0) is 23.7 Å². The van der Waals surface area contributed by atoms with Crippen LogP contribution in [0.5, 0.6) is 0 Å². The molecule has 0 aromatic heterocycles. The first-order valence-electron chi connectivity index (χ1n) is 28.6. The topological polar surface area (TPSA) is 228 Å². The fourth-order valence-electron chi connectivity index (χ4n) is 8.60. The molecule has 0 aromatic rings. The van der Waals surface area contributed by atoms with Gasteiger partial charge in [0.2, 0.25) is 5.91 Å². The van der Waals surface area contributed by atoms with Crippen LogP contribution in [0.4, 0.5) is 0 Å². The van der Waals surface area contributed by atoms with E-state index in [1.807, 2.05) is 6.08 Å². The van der Waals surface area contributed by atoms with Gasteiger partial charge in [-0.15, -0.1) is 0 Å². The number of carbonyl (C=O) groups excluding carboxylic acids is 1. The Kier molecular flexibility index (Phi) is 41.2. The molecule has 0 saturated carbocycles. The van der Waals surface area contributed by atoms with Crippen LogP contribution in [0.25, 0.3) is 0 Å². The summed E-state index contributed by atoms with van der Waals surface area (Å²) >= 11 is 0. The number of aliphatic hydroxyl groups is 8. The molecule has 2 heterocycles. The van der Waals surface area contributed by atoms with Crippen LogP contribution in [0.2, 0.25) is 0 Å². The van der Waals surface area contributed by atoms with Crippen LogP contribution in [0, 0.1) is 0 Å². The predicted molar refractivity (Wildman–Crippen MR) is 299 cm³/mol. The summed E-state index contributed by atoms with van der Waals surface area (Å²) in [7, 11) is 0. The number of allylic oxidation sites excluding steroid dienone is 17. The Bertz CT molecular complexity index is 1670. The van der Waals surface area contributed by atoms with Gasteiger partial charge in [0.15, 0.2) is 12.6 Å². The van der Waals surface area contributed by atoms with E-state index in [4.69, 9.17) is 18.9 Å². The third kappa shape index (κ3) is 31.6. The van der Waals surface area contributed by atoms with Crippen LogP contribution in [-0.4, -0.2) is 140 Å². The molecular formula is C61H101NO13. The molecule has 12 unspecified atom stereocenters. The molecule has 2 aliphatic rings. The number of hydrogen-bond donors (Lipinski definition) is 9. The van der Waals surface area contributed by atoms with Gasteiger partial charge in [-0.3, -0.25) is 4.79 Å². The molecule has 428 valence electrons. The Hall–Kier alpha value is -3.35. The molecule has 0 aromatic carbocycles. The first kappa shape index (κ1) is 67.8. The van der Waals surface area contributed by atoms with E-state index in [9.17, 15) is 45.6 Å². The number of aliphatic hydroxyl groups excluding tert-OH is 8. The molecule has 2 aliphatic heterocycles. The van der Waals surface area contributed by atoms with Crippen molar-refractivity contribution in [3.8, 4) is 0 Å². The van der Waals surface area contributed by atoms with Crippen molar-refractivity contribution in [2.24, 2.45) is 0 Å². The van der Waals surface area contributed by atoms with Crippen molar-refractivity contribution in [1.82, 2.24) is 5.32 Å². The van der Waals surface area contributed by atoms with E-state index >= 15 is 0 Å². The zero-order valence-electron chi connectivity index (χ0n) is 45.7. The quantitative estimate of drug-likeness (QED) is 0.0205. The third-order valence-electron chi connectivity index (χ3n) is 13.2. The van der Waals surface area contributed by atoms with Crippen LogP contribution >= 0.6 is 0 Å². The summed E-state index contributed by atoms with van der Waals surface area (Å²) in [6, 6.07) is -0.935. The second-order valence-corrected chi connectivity index (χ2v) is 19.7. The van der Waals surface area contributed by atoms with E-state index in [-0.39, 0.29) is 18.9 Å². The molecule has 75 heavy (non-hydrogen) atoms. The maximum absolute atomic E-state index is 13.2. The highest BCUT2D eigenvalue weighted by Gasteiger charge is 2.51. The second kappa shape index (κ2) is 45.6. The zero-order valence-corrected chi connectivity index (χ0v) is 45.7. The molecule has 2 rings (SSSR count). The Balaban J connectivity index is 1.75. The predicted octanol–water partition coefficient (Wildman–Crippen LogP) is 9.27. The third-order valence-corrected chi connectivity index (χ3v) is 13.2. The number of ether oxygens (including phenoxy) is 4. The largest absolute Gasteiger partial charge is 0.394 e.